The average Bonchev–Trinajstić information content (AvgIpc) is 2.77. The van der Waals surface area contributed by atoms with Crippen molar-refractivity contribution >= 4 is 16.8 Å². The summed E-state index contributed by atoms with van der Waals surface area (Å²) in [7, 11) is 0. The summed E-state index contributed by atoms with van der Waals surface area (Å²) in [5.41, 5.74) is 2.79. The van der Waals surface area contributed by atoms with Gasteiger partial charge < -0.3 is 10.1 Å². The number of hydrogen-bond acceptors (Lipinski definition) is 3. The Morgan fingerprint density at radius 3 is 2.14 bits per heavy atom. The summed E-state index contributed by atoms with van der Waals surface area (Å²) in [5.74, 6) is 0.412. The zero-order valence-corrected chi connectivity index (χ0v) is 15.3. The standard InChI is InChI=1S/C24H20N2O2/c27-22(17-28-21-15-7-13-20-14-8-16-25-24(20)21)26-23(18-9-3-1-4-10-18)19-11-5-2-6-12-19/h1-16,23H,17H2,(H,26,27). The molecule has 0 aliphatic carbocycles. The fourth-order valence-corrected chi connectivity index (χ4v) is 3.19. The molecule has 1 amide bonds. The molecular weight excluding hydrogens is 348 g/mol. The molecule has 0 aliphatic rings. The second-order valence-electron chi connectivity index (χ2n) is 6.44. The van der Waals surface area contributed by atoms with Crippen molar-refractivity contribution < 1.29 is 9.53 Å². The number of rotatable bonds is 6. The molecule has 4 nitrogen and oxygen atoms in total. The van der Waals surface area contributed by atoms with Gasteiger partial charge in [-0.25, -0.2) is 0 Å². The molecule has 0 atom stereocenters. The molecule has 1 heterocycles. The van der Waals surface area contributed by atoms with E-state index in [0.717, 1.165) is 22.0 Å². The molecule has 3 aromatic carbocycles. The van der Waals surface area contributed by atoms with Crippen LogP contribution in [-0.2, 0) is 4.79 Å². The lowest BCUT2D eigenvalue weighted by Crippen LogP contribution is -2.33. The largest absolute Gasteiger partial charge is 0.481 e. The van der Waals surface area contributed by atoms with Gasteiger partial charge in [0, 0.05) is 11.6 Å². The first-order chi connectivity index (χ1) is 13.8. The van der Waals surface area contributed by atoms with Gasteiger partial charge in [0.15, 0.2) is 6.61 Å². The van der Waals surface area contributed by atoms with Crippen molar-refractivity contribution in [3.63, 3.8) is 0 Å². The first-order valence-electron chi connectivity index (χ1n) is 9.17. The predicted molar refractivity (Wildman–Crippen MR) is 110 cm³/mol. The van der Waals surface area contributed by atoms with Crippen LogP contribution >= 0.6 is 0 Å². The number of fused-ring (bicyclic) bond motifs is 1. The van der Waals surface area contributed by atoms with E-state index < -0.39 is 0 Å². The van der Waals surface area contributed by atoms with E-state index in [1.807, 2.05) is 91.0 Å². The molecule has 138 valence electrons. The molecule has 0 bridgehead atoms. The molecule has 0 fully saturated rings. The molecule has 4 heteroatoms. The van der Waals surface area contributed by atoms with E-state index in [2.05, 4.69) is 10.3 Å². The number of pyridine rings is 1. The first kappa shape index (κ1) is 17.7. The van der Waals surface area contributed by atoms with E-state index in [1.165, 1.54) is 0 Å². The molecule has 0 unspecified atom stereocenters. The van der Waals surface area contributed by atoms with Crippen LogP contribution in [0.3, 0.4) is 0 Å². The Kier molecular flexibility index (Phi) is 5.29. The number of aromatic nitrogens is 1. The maximum absolute atomic E-state index is 12.7. The molecule has 4 aromatic rings. The van der Waals surface area contributed by atoms with Gasteiger partial charge in [0.25, 0.3) is 5.91 Å². The number of hydrogen-bond donors (Lipinski definition) is 1. The Bertz CT molecular complexity index is 1020. The summed E-state index contributed by atoms with van der Waals surface area (Å²) < 4.78 is 5.78. The molecule has 0 spiro atoms. The van der Waals surface area contributed by atoms with Gasteiger partial charge in [0.2, 0.25) is 0 Å². The third-order valence-electron chi connectivity index (χ3n) is 4.53. The van der Waals surface area contributed by atoms with Gasteiger partial charge in [0.05, 0.1) is 6.04 Å². The molecule has 1 N–H and O–H groups in total. The number of benzene rings is 3. The van der Waals surface area contributed by atoms with E-state index in [1.54, 1.807) is 6.20 Å². The van der Waals surface area contributed by atoms with Crippen LogP contribution in [0.15, 0.2) is 97.2 Å². The van der Waals surface area contributed by atoms with Crippen molar-refractivity contribution in [3.05, 3.63) is 108 Å². The molecule has 0 aliphatic heterocycles. The topological polar surface area (TPSA) is 51.2 Å². The van der Waals surface area contributed by atoms with Crippen molar-refractivity contribution in [1.29, 1.82) is 0 Å². The van der Waals surface area contributed by atoms with Crippen LogP contribution in [0, 0.1) is 0 Å². The third kappa shape index (κ3) is 4.01. The van der Waals surface area contributed by atoms with Crippen molar-refractivity contribution in [2.75, 3.05) is 6.61 Å². The minimum Gasteiger partial charge on any atom is -0.481 e. The molecule has 0 saturated heterocycles. The van der Waals surface area contributed by atoms with Crippen molar-refractivity contribution in [2.24, 2.45) is 0 Å². The highest BCUT2D eigenvalue weighted by Gasteiger charge is 2.17. The van der Waals surface area contributed by atoms with E-state index in [4.69, 9.17) is 4.74 Å². The Morgan fingerprint density at radius 2 is 1.46 bits per heavy atom. The van der Waals surface area contributed by atoms with Crippen molar-refractivity contribution in [2.45, 2.75) is 6.04 Å². The van der Waals surface area contributed by atoms with Gasteiger partial charge >= 0.3 is 0 Å². The van der Waals surface area contributed by atoms with Crippen LogP contribution in [-0.4, -0.2) is 17.5 Å². The summed E-state index contributed by atoms with van der Waals surface area (Å²) in [4.78, 5) is 17.0. The zero-order chi connectivity index (χ0) is 19.2. The van der Waals surface area contributed by atoms with Gasteiger partial charge in [-0.2, -0.15) is 0 Å². The highest BCUT2D eigenvalue weighted by atomic mass is 16.5. The van der Waals surface area contributed by atoms with Crippen molar-refractivity contribution in [3.8, 4) is 5.75 Å². The number of nitrogens with one attached hydrogen (secondary N) is 1. The van der Waals surface area contributed by atoms with Crippen LogP contribution in [0.4, 0.5) is 0 Å². The van der Waals surface area contributed by atoms with E-state index >= 15 is 0 Å². The van der Waals surface area contributed by atoms with E-state index in [-0.39, 0.29) is 18.6 Å². The number of nitrogens with zero attached hydrogens (tertiary/aromatic N) is 1. The highest BCUT2D eigenvalue weighted by Crippen LogP contribution is 2.24. The normalized spacial score (nSPS) is 10.8. The minimum atomic E-state index is -0.232. The van der Waals surface area contributed by atoms with E-state index in [9.17, 15) is 4.79 Å². The maximum atomic E-state index is 12.7. The molecule has 0 radical (unpaired) electrons. The summed E-state index contributed by atoms with van der Waals surface area (Å²) in [6.45, 7) is -0.0775. The van der Waals surface area contributed by atoms with Crippen LogP contribution in [0.1, 0.15) is 17.2 Å². The second-order valence-corrected chi connectivity index (χ2v) is 6.44. The fraction of sp³-hybridized carbons (Fsp3) is 0.0833. The molecule has 4 rings (SSSR count). The molecule has 28 heavy (non-hydrogen) atoms. The monoisotopic (exact) mass is 368 g/mol. The smallest absolute Gasteiger partial charge is 0.258 e. The van der Waals surface area contributed by atoms with Crippen LogP contribution in [0.5, 0.6) is 5.75 Å². The second kappa shape index (κ2) is 8.35. The molecule has 1 aromatic heterocycles. The maximum Gasteiger partial charge on any atom is 0.258 e. The van der Waals surface area contributed by atoms with Crippen LogP contribution in [0.25, 0.3) is 10.9 Å². The van der Waals surface area contributed by atoms with Gasteiger partial charge in [-0.3, -0.25) is 9.78 Å². The number of carbonyl (C=O) groups excluding carboxylic acids is 1. The lowest BCUT2D eigenvalue weighted by atomic mass is 9.99. The minimum absolute atomic E-state index is 0.0775. The summed E-state index contributed by atoms with van der Waals surface area (Å²) >= 11 is 0. The Labute approximate surface area is 163 Å². The molecular formula is C24H20N2O2. The highest BCUT2D eigenvalue weighted by molar-refractivity contribution is 5.85. The predicted octanol–water partition coefficient (Wildman–Crippen LogP) is 4.52. The van der Waals surface area contributed by atoms with Crippen LogP contribution < -0.4 is 10.1 Å². The summed E-state index contributed by atoms with van der Waals surface area (Å²) in [5, 5.41) is 4.06. The zero-order valence-electron chi connectivity index (χ0n) is 15.3. The number of amides is 1. The quantitative estimate of drug-likeness (QED) is 0.544. The van der Waals surface area contributed by atoms with Gasteiger partial charge in [-0.15, -0.1) is 0 Å². The average molecular weight is 368 g/mol. The number of carbonyl (C=O) groups is 1. The number of ether oxygens (including phenoxy) is 1. The summed E-state index contributed by atoms with van der Waals surface area (Å²) in [6, 6.07) is 29.1. The molecule has 0 saturated carbocycles. The van der Waals surface area contributed by atoms with Gasteiger partial charge in [-0.1, -0.05) is 78.9 Å². The number of para-hydroxylation sites is 1. The lowest BCUT2D eigenvalue weighted by molar-refractivity contribution is -0.123. The lowest BCUT2D eigenvalue weighted by Gasteiger charge is -2.20. The fourth-order valence-electron chi connectivity index (χ4n) is 3.19. The Morgan fingerprint density at radius 1 is 0.821 bits per heavy atom. The van der Waals surface area contributed by atoms with Gasteiger partial charge in [-0.05, 0) is 23.3 Å². The first-order valence-corrected chi connectivity index (χ1v) is 9.17. The Hall–Kier alpha value is -3.66. The van der Waals surface area contributed by atoms with Crippen LogP contribution in [0.2, 0.25) is 0 Å². The summed E-state index contributed by atoms with van der Waals surface area (Å²) in [6.07, 6.45) is 1.72. The Balaban J connectivity index is 1.50. The van der Waals surface area contributed by atoms with E-state index in [0.29, 0.717) is 5.75 Å². The van der Waals surface area contributed by atoms with Crippen molar-refractivity contribution in [1.82, 2.24) is 10.3 Å². The van der Waals surface area contributed by atoms with Gasteiger partial charge in [0.1, 0.15) is 11.3 Å². The third-order valence-corrected chi connectivity index (χ3v) is 4.53. The SMILES string of the molecule is O=C(COc1cccc2cccnc12)NC(c1ccccc1)c1ccccc1.